The van der Waals surface area contributed by atoms with Gasteiger partial charge in [0.05, 0.1) is 0 Å². The number of anilines is 2. The minimum atomic E-state index is -0.217. The van der Waals surface area contributed by atoms with Gasteiger partial charge in [-0.1, -0.05) is 29.8 Å². The van der Waals surface area contributed by atoms with Crippen molar-refractivity contribution in [1.29, 1.82) is 0 Å². The Labute approximate surface area is 119 Å². The molecule has 0 unspecified atom stereocenters. The number of benzene rings is 2. The van der Waals surface area contributed by atoms with E-state index >= 15 is 0 Å². The number of aryl methyl sites for hydroxylation is 1. The molecule has 0 saturated carbocycles. The van der Waals surface area contributed by atoms with Gasteiger partial charge in [-0.25, -0.2) is 4.79 Å². The van der Waals surface area contributed by atoms with Crippen LogP contribution in [0.25, 0.3) is 0 Å². The van der Waals surface area contributed by atoms with E-state index < -0.39 is 0 Å². The third-order valence-electron chi connectivity index (χ3n) is 2.95. The van der Waals surface area contributed by atoms with Gasteiger partial charge in [-0.15, -0.1) is 0 Å². The van der Waals surface area contributed by atoms with Crippen LogP contribution in [0.2, 0.25) is 0 Å². The molecule has 3 N–H and O–H groups in total. The molecule has 0 heterocycles. The van der Waals surface area contributed by atoms with Gasteiger partial charge in [0.2, 0.25) is 0 Å². The van der Waals surface area contributed by atoms with E-state index in [4.69, 9.17) is 0 Å². The summed E-state index contributed by atoms with van der Waals surface area (Å²) in [6, 6.07) is 15.8. The van der Waals surface area contributed by atoms with Crippen molar-refractivity contribution in [3.8, 4) is 0 Å². The van der Waals surface area contributed by atoms with Crippen LogP contribution in [-0.2, 0) is 6.54 Å². The highest BCUT2D eigenvalue weighted by Gasteiger charge is 1.99. The van der Waals surface area contributed by atoms with Gasteiger partial charge in [0.1, 0.15) is 0 Å². The van der Waals surface area contributed by atoms with E-state index in [1.165, 1.54) is 11.1 Å². The minimum Gasteiger partial charge on any atom is -0.381 e. The molecule has 0 aliphatic heterocycles. The number of rotatable bonds is 4. The Balaban J connectivity index is 1.92. The fourth-order valence-corrected chi connectivity index (χ4v) is 1.89. The van der Waals surface area contributed by atoms with Gasteiger partial charge < -0.3 is 16.0 Å². The Kier molecular flexibility index (Phi) is 4.60. The number of carbonyl (C=O) groups excluding carboxylic acids is 1. The maximum Gasteiger partial charge on any atom is 0.318 e. The highest BCUT2D eigenvalue weighted by atomic mass is 16.2. The van der Waals surface area contributed by atoms with Crippen molar-refractivity contribution in [3.05, 3.63) is 59.7 Å². The molecule has 4 heteroatoms. The molecule has 0 atom stereocenters. The van der Waals surface area contributed by atoms with Crippen LogP contribution in [-0.4, -0.2) is 13.1 Å². The Hall–Kier alpha value is -2.49. The molecule has 0 aliphatic carbocycles. The minimum absolute atomic E-state index is 0.217. The molecule has 20 heavy (non-hydrogen) atoms. The van der Waals surface area contributed by atoms with Crippen LogP contribution < -0.4 is 16.0 Å². The average molecular weight is 269 g/mol. The molecule has 4 nitrogen and oxygen atoms in total. The third kappa shape index (κ3) is 4.02. The Morgan fingerprint density at radius 3 is 2.40 bits per heavy atom. The van der Waals surface area contributed by atoms with E-state index in [1.807, 2.05) is 24.3 Å². The summed E-state index contributed by atoms with van der Waals surface area (Å²) in [5.74, 6) is 0. The van der Waals surface area contributed by atoms with Crippen LogP contribution in [0.1, 0.15) is 11.1 Å². The van der Waals surface area contributed by atoms with E-state index in [0.717, 1.165) is 17.9 Å². The molecule has 0 saturated heterocycles. The fraction of sp³-hybridized carbons (Fsp3) is 0.188. The molecule has 0 aliphatic rings. The first-order valence-corrected chi connectivity index (χ1v) is 6.55. The van der Waals surface area contributed by atoms with Crippen molar-refractivity contribution < 1.29 is 4.79 Å². The zero-order chi connectivity index (χ0) is 14.4. The van der Waals surface area contributed by atoms with Crippen molar-refractivity contribution in [2.45, 2.75) is 13.5 Å². The van der Waals surface area contributed by atoms with E-state index in [1.54, 1.807) is 7.05 Å². The van der Waals surface area contributed by atoms with Crippen LogP contribution in [0.15, 0.2) is 48.5 Å². The van der Waals surface area contributed by atoms with Crippen molar-refractivity contribution >= 4 is 17.4 Å². The molecule has 2 rings (SSSR count). The number of hydrogen-bond acceptors (Lipinski definition) is 2. The predicted molar refractivity (Wildman–Crippen MR) is 83.0 cm³/mol. The van der Waals surface area contributed by atoms with Gasteiger partial charge >= 0.3 is 6.03 Å². The Bertz CT molecular complexity index is 579. The maximum absolute atomic E-state index is 11.2. The highest BCUT2D eigenvalue weighted by Crippen LogP contribution is 2.14. The van der Waals surface area contributed by atoms with Crippen LogP contribution in [0.3, 0.4) is 0 Å². The number of nitrogens with one attached hydrogen (secondary N) is 3. The molecule has 0 bridgehead atoms. The normalized spacial score (nSPS) is 9.90. The lowest BCUT2D eigenvalue weighted by molar-refractivity contribution is 0.254. The number of hydrogen-bond donors (Lipinski definition) is 3. The second-order valence-electron chi connectivity index (χ2n) is 4.62. The standard InChI is InChI=1S/C16H19N3O/c1-12-4-3-5-13(10-12)11-18-14-6-8-15(9-7-14)19-16(20)17-2/h3-10,18H,11H2,1-2H3,(H2,17,19,20). The molecule has 2 aromatic carbocycles. The average Bonchev–Trinajstić information content (AvgIpc) is 2.46. The summed E-state index contributed by atoms with van der Waals surface area (Å²) in [6.45, 7) is 2.87. The van der Waals surface area contributed by atoms with Crippen LogP contribution in [0.4, 0.5) is 16.2 Å². The summed E-state index contributed by atoms with van der Waals surface area (Å²) in [7, 11) is 1.59. The molecule has 104 valence electrons. The Morgan fingerprint density at radius 2 is 1.75 bits per heavy atom. The summed E-state index contributed by atoms with van der Waals surface area (Å²) < 4.78 is 0. The lowest BCUT2D eigenvalue weighted by Gasteiger charge is -2.09. The van der Waals surface area contributed by atoms with E-state index in [2.05, 4.69) is 47.1 Å². The zero-order valence-electron chi connectivity index (χ0n) is 11.7. The third-order valence-corrected chi connectivity index (χ3v) is 2.95. The van der Waals surface area contributed by atoms with Gasteiger partial charge in [-0.3, -0.25) is 0 Å². The SMILES string of the molecule is CNC(=O)Nc1ccc(NCc2cccc(C)c2)cc1. The van der Waals surface area contributed by atoms with Gasteiger partial charge in [0.25, 0.3) is 0 Å². The molecular formula is C16H19N3O. The summed E-state index contributed by atoms with van der Waals surface area (Å²) >= 11 is 0. The van der Waals surface area contributed by atoms with Gasteiger partial charge in [0, 0.05) is 25.0 Å². The lowest BCUT2D eigenvalue weighted by atomic mass is 10.1. The highest BCUT2D eigenvalue weighted by molar-refractivity contribution is 5.89. The van der Waals surface area contributed by atoms with E-state index in [9.17, 15) is 4.79 Å². The van der Waals surface area contributed by atoms with Gasteiger partial charge in [-0.05, 0) is 36.8 Å². The van der Waals surface area contributed by atoms with E-state index in [0.29, 0.717) is 0 Å². The Morgan fingerprint density at radius 1 is 1.05 bits per heavy atom. The first-order chi connectivity index (χ1) is 9.67. The molecule has 0 spiro atoms. The monoisotopic (exact) mass is 269 g/mol. The molecule has 0 radical (unpaired) electrons. The molecule has 2 aromatic rings. The van der Waals surface area contributed by atoms with E-state index in [-0.39, 0.29) is 6.03 Å². The maximum atomic E-state index is 11.2. The first kappa shape index (κ1) is 13.9. The molecular weight excluding hydrogens is 250 g/mol. The van der Waals surface area contributed by atoms with Crippen molar-refractivity contribution in [1.82, 2.24) is 5.32 Å². The van der Waals surface area contributed by atoms with Crippen molar-refractivity contribution in [2.24, 2.45) is 0 Å². The quantitative estimate of drug-likeness (QED) is 0.797. The number of carbonyl (C=O) groups is 1. The van der Waals surface area contributed by atoms with Crippen LogP contribution >= 0.6 is 0 Å². The second kappa shape index (κ2) is 6.61. The molecule has 2 amide bonds. The van der Waals surface area contributed by atoms with Gasteiger partial charge in [-0.2, -0.15) is 0 Å². The van der Waals surface area contributed by atoms with Crippen molar-refractivity contribution in [2.75, 3.05) is 17.7 Å². The first-order valence-electron chi connectivity index (χ1n) is 6.55. The molecule has 0 fully saturated rings. The second-order valence-corrected chi connectivity index (χ2v) is 4.62. The van der Waals surface area contributed by atoms with Crippen LogP contribution in [0, 0.1) is 6.92 Å². The van der Waals surface area contributed by atoms with Crippen molar-refractivity contribution in [3.63, 3.8) is 0 Å². The summed E-state index contributed by atoms with van der Waals surface area (Å²) in [5, 5.41) is 8.59. The summed E-state index contributed by atoms with van der Waals surface area (Å²) in [5.41, 5.74) is 4.30. The largest absolute Gasteiger partial charge is 0.381 e. The summed E-state index contributed by atoms with van der Waals surface area (Å²) in [6.07, 6.45) is 0. The van der Waals surface area contributed by atoms with Gasteiger partial charge in [0.15, 0.2) is 0 Å². The topological polar surface area (TPSA) is 53.2 Å². The predicted octanol–water partition coefficient (Wildman–Crippen LogP) is 3.36. The summed E-state index contributed by atoms with van der Waals surface area (Å²) in [4.78, 5) is 11.2. The van der Waals surface area contributed by atoms with Crippen LogP contribution in [0.5, 0.6) is 0 Å². The fourth-order valence-electron chi connectivity index (χ4n) is 1.89. The lowest BCUT2D eigenvalue weighted by Crippen LogP contribution is -2.24. The molecule has 0 aromatic heterocycles. The zero-order valence-corrected chi connectivity index (χ0v) is 11.7. The number of urea groups is 1. The number of amides is 2. The smallest absolute Gasteiger partial charge is 0.318 e.